The van der Waals surface area contributed by atoms with Crippen LogP contribution in [0.3, 0.4) is 0 Å². The average Bonchev–Trinajstić information content (AvgIpc) is 3.11. The quantitative estimate of drug-likeness (QED) is 0.642. The second-order valence-electron chi connectivity index (χ2n) is 8.46. The van der Waals surface area contributed by atoms with E-state index < -0.39 is 0 Å². The van der Waals surface area contributed by atoms with Crippen molar-refractivity contribution < 1.29 is 5.11 Å². The average molecular weight is 376 g/mol. The summed E-state index contributed by atoms with van der Waals surface area (Å²) in [5.74, 6) is 0.323. The molecule has 0 amide bonds. The summed E-state index contributed by atoms with van der Waals surface area (Å²) in [6.45, 7) is 10.1. The van der Waals surface area contributed by atoms with Gasteiger partial charge < -0.3 is 15.0 Å². The molecule has 1 unspecified atom stereocenters. The van der Waals surface area contributed by atoms with Crippen molar-refractivity contribution >= 4 is 27.9 Å². The molecule has 0 saturated carbocycles. The van der Waals surface area contributed by atoms with Crippen molar-refractivity contribution in [3.05, 3.63) is 46.7 Å². The second kappa shape index (κ2) is 6.56. The van der Waals surface area contributed by atoms with Gasteiger partial charge in [-0.25, -0.2) is 0 Å². The predicted molar refractivity (Wildman–Crippen MR) is 116 cm³/mol. The SMILES string of the molecule is Cc1c2c(c(C)c3c1[nH]c1ccc(O)cc13)CN(C(C)N1CCCCC1)C=C2. The first-order valence-electron chi connectivity index (χ1n) is 10.5. The standard InChI is InChI=1S/C24H29N3O/c1-15-21-14-27(17(3)26-10-5-4-6-11-26)12-9-19(21)16(2)24-23(15)20-13-18(28)7-8-22(20)25-24/h7-9,12-13,17,25,28H,4-6,10-11,14H2,1-3H3. The Morgan fingerprint density at radius 3 is 2.64 bits per heavy atom. The zero-order valence-electron chi connectivity index (χ0n) is 17.0. The molecular formula is C24H29N3O. The number of piperidine rings is 1. The van der Waals surface area contributed by atoms with E-state index in [1.54, 1.807) is 6.07 Å². The third-order valence-electron chi connectivity index (χ3n) is 6.89. The van der Waals surface area contributed by atoms with Crippen molar-refractivity contribution in [3.63, 3.8) is 0 Å². The second-order valence-corrected chi connectivity index (χ2v) is 8.46. The van der Waals surface area contributed by atoms with E-state index in [1.165, 1.54) is 65.5 Å². The van der Waals surface area contributed by atoms with Gasteiger partial charge in [0.05, 0.1) is 11.7 Å². The van der Waals surface area contributed by atoms with Crippen molar-refractivity contribution in [2.45, 2.75) is 52.7 Å². The normalized spacial score (nSPS) is 18.8. The lowest BCUT2D eigenvalue weighted by molar-refractivity contribution is 0.0676. The Morgan fingerprint density at radius 2 is 1.86 bits per heavy atom. The monoisotopic (exact) mass is 375 g/mol. The van der Waals surface area contributed by atoms with E-state index in [-0.39, 0.29) is 0 Å². The number of likely N-dealkylation sites (tertiary alicyclic amines) is 1. The zero-order valence-corrected chi connectivity index (χ0v) is 17.0. The maximum absolute atomic E-state index is 10.0. The van der Waals surface area contributed by atoms with Crippen LogP contribution >= 0.6 is 0 Å². The Bertz CT molecular complexity index is 1090. The van der Waals surface area contributed by atoms with Gasteiger partial charge in [0.25, 0.3) is 0 Å². The van der Waals surface area contributed by atoms with E-state index in [0.717, 1.165) is 17.4 Å². The summed E-state index contributed by atoms with van der Waals surface area (Å²) in [7, 11) is 0. The van der Waals surface area contributed by atoms with Gasteiger partial charge >= 0.3 is 0 Å². The zero-order chi connectivity index (χ0) is 19.4. The lowest BCUT2D eigenvalue weighted by Gasteiger charge is -2.41. The molecule has 0 bridgehead atoms. The minimum absolute atomic E-state index is 0.323. The number of aromatic nitrogens is 1. The Hall–Kier alpha value is -2.46. The number of rotatable bonds is 2. The number of hydrogen-bond donors (Lipinski definition) is 2. The van der Waals surface area contributed by atoms with Gasteiger partial charge in [-0.05, 0) is 80.1 Å². The number of aryl methyl sites for hydroxylation is 2. The predicted octanol–water partition coefficient (Wildman–Crippen LogP) is 5.26. The van der Waals surface area contributed by atoms with Crippen LogP contribution in [0.2, 0.25) is 0 Å². The molecule has 2 aliphatic heterocycles. The summed E-state index contributed by atoms with van der Waals surface area (Å²) in [5, 5.41) is 12.4. The summed E-state index contributed by atoms with van der Waals surface area (Å²) in [5.41, 5.74) is 7.67. The number of aromatic amines is 1. The lowest BCUT2D eigenvalue weighted by atomic mass is 9.90. The van der Waals surface area contributed by atoms with Gasteiger partial charge in [-0.15, -0.1) is 0 Å². The van der Waals surface area contributed by atoms with Gasteiger partial charge in [0.1, 0.15) is 5.75 Å². The first-order chi connectivity index (χ1) is 13.5. The van der Waals surface area contributed by atoms with Gasteiger partial charge in [0, 0.05) is 42.1 Å². The molecule has 4 nitrogen and oxygen atoms in total. The van der Waals surface area contributed by atoms with Crippen molar-refractivity contribution in [2.75, 3.05) is 13.1 Å². The first kappa shape index (κ1) is 17.6. The van der Waals surface area contributed by atoms with E-state index >= 15 is 0 Å². The molecule has 0 radical (unpaired) electrons. The van der Waals surface area contributed by atoms with Crippen LogP contribution in [0.25, 0.3) is 27.9 Å². The molecule has 5 rings (SSSR count). The number of phenols is 1. The highest BCUT2D eigenvalue weighted by Gasteiger charge is 2.26. The molecule has 3 aromatic rings. The van der Waals surface area contributed by atoms with Gasteiger partial charge in [-0.2, -0.15) is 0 Å². The first-order valence-corrected chi connectivity index (χ1v) is 10.5. The van der Waals surface area contributed by atoms with Gasteiger partial charge in [0.15, 0.2) is 0 Å². The van der Waals surface area contributed by atoms with Crippen LogP contribution in [0.15, 0.2) is 24.4 Å². The summed E-state index contributed by atoms with van der Waals surface area (Å²) in [6, 6.07) is 5.62. The van der Waals surface area contributed by atoms with E-state index in [4.69, 9.17) is 0 Å². The molecule has 1 fully saturated rings. The number of hydrogen-bond acceptors (Lipinski definition) is 3. The van der Waals surface area contributed by atoms with Crippen molar-refractivity contribution in [1.82, 2.24) is 14.8 Å². The van der Waals surface area contributed by atoms with E-state index in [9.17, 15) is 5.11 Å². The highest BCUT2D eigenvalue weighted by Crippen LogP contribution is 2.39. The molecule has 4 heteroatoms. The minimum atomic E-state index is 0.323. The Balaban J connectivity index is 1.61. The Labute approximate surface area is 166 Å². The highest BCUT2D eigenvalue weighted by molar-refractivity contribution is 6.11. The molecule has 2 aromatic carbocycles. The topological polar surface area (TPSA) is 42.5 Å². The Kier molecular flexibility index (Phi) is 4.13. The number of nitrogens with zero attached hydrogens (tertiary/aromatic N) is 2. The highest BCUT2D eigenvalue weighted by atomic mass is 16.3. The lowest BCUT2D eigenvalue weighted by Crippen LogP contribution is -2.46. The maximum atomic E-state index is 10.0. The number of fused-ring (bicyclic) bond motifs is 4. The fraction of sp³-hybridized carbons (Fsp3) is 0.417. The molecule has 3 heterocycles. The van der Waals surface area contributed by atoms with Crippen LogP contribution in [-0.2, 0) is 6.54 Å². The summed E-state index contributed by atoms with van der Waals surface area (Å²) >= 11 is 0. The summed E-state index contributed by atoms with van der Waals surface area (Å²) in [6.07, 6.45) is 9.00. The fourth-order valence-electron chi connectivity index (χ4n) is 5.16. The smallest absolute Gasteiger partial charge is 0.116 e. The Morgan fingerprint density at radius 1 is 1.07 bits per heavy atom. The molecular weight excluding hydrogens is 346 g/mol. The van der Waals surface area contributed by atoms with Crippen molar-refractivity contribution in [1.29, 1.82) is 0 Å². The number of phenolic OH excluding ortho intramolecular Hbond substituents is 1. The van der Waals surface area contributed by atoms with Crippen LogP contribution in [0.5, 0.6) is 5.75 Å². The molecule has 2 N–H and O–H groups in total. The third-order valence-corrected chi connectivity index (χ3v) is 6.89. The molecule has 2 aliphatic rings. The summed E-state index contributed by atoms with van der Waals surface area (Å²) < 4.78 is 0. The number of benzene rings is 2. The molecule has 1 aromatic heterocycles. The van der Waals surface area contributed by atoms with Crippen LogP contribution in [0.4, 0.5) is 0 Å². The molecule has 1 saturated heterocycles. The number of nitrogens with one attached hydrogen (secondary N) is 1. The van der Waals surface area contributed by atoms with E-state index in [0.29, 0.717) is 11.9 Å². The largest absolute Gasteiger partial charge is 0.508 e. The maximum Gasteiger partial charge on any atom is 0.116 e. The number of aromatic hydroxyl groups is 1. The van der Waals surface area contributed by atoms with Crippen LogP contribution in [-0.4, -0.2) is 39.1 Å². The number of H-pyrrole nitrogens is 1. The third kappa shape index (κ3) is 2.62. The minimum Gasteiger partial charge on any atom is -0.508 e. The van der Waals surface area contributed by atoms with Gasteiger partial charge in [-0.1, -0.05) is 6.42 Å². The van der Waals surface area contributed by atoms with Crippen molar-refractivity contribution in [3.8, 4) is 5.75 Å². The summed E-state index contributed by atoms with van der Waals surface area (Å²) in [4.78, 5) is 8.68. The molecule has 28 heavy (non-hydrogen) atoms. The van der Waals surface area contributed by atoms with E-state index in [2.05, 4.69) is 47.8 Å². The molecule has 0 spiro atoms. The van der Waals surface area contributed by atoms with Gasteiger partial charge in [-0.3, -0.25) is 4.90 Å². The van der Waals surface area contributed by atoms with Crippen LogP contribution in [0, 0.1) is 13.8 Å². The van der Waals surface area contributed by atoms with Crippen molar-refractivity contribution in [2.24, 2.45) is 0 Å². The molecule has 0 aliphatic carbocycles. The fourth-order valence-corrected chi connectivity index (χ4v) is 5.16. The molecule has 146 valence electrons. The van der Waals surface area contributed by atoms with Gasteiger partial charge in [0.2, 0.25) is 0 Å². The van der Waals surface area contributed by atoms with E-state index in [1.807, 2.05) is 12.1 Å². The van der Waals surface area contributed by atoms with Crippen LogP contribution < -0.4 is 0 Å². The molecule has 1 atom stereocenters. The van der Waals surface area contributed by atoms with Crippen LogP contribution in [0.1, 0.15) is 48.4 Å².